The summed E-state index contributed by atoms with van der Waals surface area (Å²) >= 11 is 0. The molecule has 10 heteroatoms. The number of rotatable bonds is 7. The van der Waals surface area contributed by atoms with Crippen molar-refractivity contribution in [2.75, 3.05) is 5.73 Å². The second kappa shape index (κ2) is 9.63. The van der Waals surface area contributed by atoms with Crippen LogP contribution in [0.5, 0.6) is 5.88 Å². The van der Waals surface area contributed by atoms with Crippen molar-refractivity contribution in [1.82, 2.24) is 15.3 Å². The molecule has 32 heavy (non-hydrogen) atoms. The second-order valence-electron chi connectivity index (χ2n) is 6.99. The van der Waals surface area contributed by atoms with E-state index in [0.29, 0.717) is 11.3 Å². The van der Waals surface area contributed by atoms with Crippen molar-refractivity contribution in [1.29, 1.82) is 0 Å². The molecule has 0 spiro atoms. The van der Waals surface area contributed by atoms with Gasteiger partial charge in [-0.1, -0.05) is 12.1 Å². The number of hydrogen-bond donors (Lipinski definition) is 2. The van der Waals surface area contributed by atoms with Gasteiger partial charge in [0.25, 0.3) is 0 Å². The molecular weight excluding hydrogens is 428 g/mol. The van der Waals surface area contributed by atoms with Crippen LogP contribution in [0.3, 0.4) is 0 Å². The topological polar surface area (TPSA) is 90.1 Å². The van der Waals surface area contributed by atoms with E-state index in [0.717, 1.165) is 6.07 Å². The molecule has 3 N–H and O–H groups in total. The van der Waals surface area contributed by atoms with Gasteiger partial charge in [-0.2, -0.15) is 13.2 Å². The molecule has 3 aromatic rings. The summed E-state index contributed by atoms with van der Waals surface area (Å²) in [4.78, 5) is 20.1. The minimum atomic E-state index is -4.65. The van der Waals surface area contributed by atoms with Crippen molar-refractivity contribution in [2.24, 2.45) is 0 Å². The average molecular weight is 448 g/mol. The number of anilines is 1. The fourth-order valence-corrected chi connectivity index (χ4v) is 2.81. The molecule has 1 atom stereocenters. The Morgan fingerprint density at radius 2 is 1.97 bits per heavy atom. The van der Waals surface area contributed by atoms with Crippen LogP contribution in [0.15, 0.2) is 54.7 Å². The number of nitrogens with two attached hydrogens (primary N) is 1. The lowest BCUT2D eigenvalue weighted by molar-refractivity contribution is -0.141. The van der Waals surface area contributed by atoms with Crippen LogP contribution in [-0.2, 0) is 24.1 Å². The molecule has 0 aliphatic rings. The number of nitrogens with one attached hydrogen (secondary N) is 1. The van der Waals surface area contributed by atoms with E-state index in [1.165, 1.54) is 30.5 Å². The second-order valence-corrected chi connectivity index (χ2v) is 6.99. The van der Waals surface area contributed by atoms with Crippen molar-refractivity contribution in [2.45, 2.75) is 32.2 Å². The van der Waals surface area contributed by atoms with E-state index in [1.807, 2.05) is 0 Å². The van der Waals surface area contributed by atoms with Gasteiger partial charge in [-0.15, -0.1) is 0 Å². The summed E-state index contributed by atoms with van der Waals surface area (Å²) in [7, 11) is 0. The van der Waals surface area contributed by atoms with E-state index in [1.54, 1.807) is 25.1 Å². The number of alkyl halides is 3. The number of halogens is 4. The third-order valence-corrected chi connectivity index (χ3v) is 4.68. The van der Waals surface area contributed by atoms with Crippen molar-refractivity contribution in [3.05, 3.63) is 83.1 Å². The van der Waals surface area contributed by atoms with E-state index in [-0.39, 0.29) is 30.3 Å². The molecule has 0 saturated carbocycles. The number of amides is 1. The lowest BCUT2D eigenvalue weighted by atomic mass is 9.99. The van der Waals surface area contributed by atoms with Crippen LogP contribution >= 0.6 is 0 Å². The predicted octanol–water partition coefficient (Wildman–Crippen LogP) is 4.22. The maximum absolute atomic E-state index is 13.7. The zero-order valence-corrected chi connectivity index (χ0v) is 17.0. The maximum atomic E-state index is 13.7. The number of ether oxygens (including phenoxy) is 1. The SMILES string of the molecule is CC(C(=O)NCc1ccc(C(F)(F)F)nc1OCc1ccccn1)c1ccc(N)c(F)c1. The summed E-state index contributed by atoms with van der Waals surface area (Å²) in [5, 5.41) is 2.62. The molecule has 1 aromatic carbocycles. The van der Waals surface area contributed by atoms with Gasteiger partial charge < -0.3 is 15.8 Å². The smallest absolute Gasteiger partial charge is 0.433 e. The van der Waals surface area contributed by atoms with E-state index in [4.69, 9.17) is 10.5 Å². The summed E-state index contributed by atoms with van der Waals surface area (Å²) < 4.78 is 58.4. The van der Waals surface area contributed by atoms with Crippen LogP contribution in [0.25, 0.3) is 0 Å². The Morgan fingerprint density at radius 1 is 1.19 bits per heavy atom. The number of benzene rings is 1. The van der Waals surface area contributed by atoms with Gasteiger partial charge in [0.05, 0.1) is 17.3 Å². The van der Waals surface area contributed by atoms with Crippen molar-refractivity contribution in [3.8, 4) is 5.88 Å². The molecule has 0 aliphatic heterocycles. The molecule has 0 aliphatic carbocycles. The summed E-state index contributed by atoms with van der Waals surface area (Å²) in [6, 6.07) is 11.1. The van der Waals surface area contributed by atoms with Gasteiger partial charge in [0, 0.05) is 18.3 Å². The van der Waals surface area contributed by atoms with Gasteiger partial charge in [0.15, 0.2) is 0 Å². The van der Waals surface area contributed by atoms with Crippen LogP contribution in [0, 0.1) is 5.82 Å². The monoisotopic (exact) mass is 448 g/mol. The lowest BCUT2D eigenvalue weighted by Gasteiger charge is -2.16. The van der Waals surface area contributed by atoms with Crippen LogP contribution in [0.4, 0.5) is 23.2 Å². The summed E-state index contributed by atoms with van der Waals surface area (Å²) in [6.07, 6.45) is -3.13. The number of carbonyl (C=O) groups excluding carboxylic acids is 1. The fourth-order valence-electron chi connectivity index (χ4n) is 2.81. The van der Waals surface area contributed by atoms with Gasteiger partial charge in [-0.25, -0.2) is 9.37 Å². The molecule has 0 radical (unpaired) electrons. The van der Waals surface area contributed by atoms with Crippen molar-refractivity contribution >= 4 is 11.6 Å². The molecule has 1 amide bonds. The van der Waals surface area contributed by atoms with Crippen LogP contribution < -0.4 is 15.8 Å². The largest absolute Gasteiger partial charge is 0.471 e. The molecule has 0 saturated heterocycles. The van der Waals surface area contributed by atoms with E-state index in [9.17, 15) is 22.4 Å². The first kappa shape index (κ1) is 23.0. The first-order chi connectivity index (χ1) is 15.1. The van der Waals surface area contributed by atoms with Gasteiger partial charge in [-0.05, 0) is 48.9 Å². The van der Waals surface area contributed by atoms with Gasteiger partial charge >= 0.3 is 6.18 Å². The lowest BCUT2D eigenvalue weighted by Crippen LogP contribution is -2.28. The average Bonchev–Trinajstić information content (AvgIpc) is 2.77. The molecule has 2 heterocycles. The minimum absolute atomic E-state index is 0.0353. The standard InChI is InChI=1S/C22H20F4N4O2/c1-13(14-5-7-18(27)17(23)10-14)20(31)29-11-15-6-8-19(22(24,25)26)30-21(15)32-12-16-4-2-3-9-28-16/h2-10,13H,11-12,27H2,1H3,(H,29,31). The first-order valence-electron chi connectivity index (χ1n) is 9.57. The zero-order valence-electron chi connectivity index (χ0n) is 17.0. The fraction of sp³-hybridized carbons (Fsp3) is 0.227. The summed E-state index contributed by atoms with van der Waals surface area (Å²) in [5.41, 5.74) is 5.45. The molecule has 1 unspecified atom stereocenters. The maximum Gasteiger partial charge on any atom is 0.433 e. The van der Waals surface area contributed by atoms with Crippen LogP contribution in [0.2, 0.25) is 0 Å². The van der Waals surface area contributed by atoms with E-state index in [2.05, 4.69) is 15.3 Å². The minimum Gasteiger partial charge on any atom is -0.471 e. The van der Waals surface area contributed by atoms with Crippen molar-refractivity contribution < 1.29 is 27.1 Å². The Bertz CT molecular complexity index is 1090. The summed E-state index contributed by atoms with van der Waals surface area (Å²) in [6.45, 7) is 1.34. The third kappa shape index (κ3) is 5.71. The number of pyridine rings is 2. The summed E-state index contributed by atoms with van der Waals surface area (Å²) in [5.74, 6) is -2.08. The Hall–Kier alpha value is -3.69. The number of nitrogens with zero attached hydrogens (tertiary/aromatic N) is 2. The number of carbonyl (C=O) groups is 1. The Balaban J connectivity index is 1.75. The van der Waals surface area contributed by atoms with Crippen molar-refractivity contribution in [3.63, 3.8) is 0 Å². The van der Waals surface area contributed by atoms with Crippen LogP contribution in [0.1, 0.15) is 35.4 Å². The Morgan fingerprint density at radius 3 is 2.62 bits per heavy atom. The molecule has 0 bridgehead atoms. The predicted molar refractivity (Wildman–Crippen MR) is 109 cm³/mol. The zero-order chi connectivity index (χ0) is 23.3. The quantitative estimate of drug-likeness (QED) is 0.417. The van der Waals surface area contributed by atoms with Gasteiger partial charge in [0.1, 0.15) is 18.1 Å². The highest BCUT2D eigenvalue weighted by Gasteiger charge is 2.33. The van der Waals surface area contributed by atoms with Crippen LogP contribution in [-0.4, -0.2) is 15.9 Å². The molecule has 2 aromatic heterocycles. The highest BCUT2D eigenvalue weighted by Crippen LogP contribution is 2.30. The Kier molecular flexibility index (Phi) is 6.92. The number of aromatic nitrogens is 2. The Labute approximate surface area is 181 Å². The number of hydrogen-bond acceptors (Lipinski definition) is 5. The van der Waals surface area contributed by atoms with Gasteiger partial charge in [0.2, 0.25) is 11.8 Å². The highest BCUT2D eigenvalue weighted by atomic mass is 19.4. The normalized spacial score (nSPS) is 12.3. The first-order valence-corrected chi connectivity index (χ1v) is 9.57. The molecule has 3 rings (SSSR count). The molecular formula is C22H20F4N4O2. The molecule has 6 nitrogen and oxygen atoms in total. The third-order valence-electron chi connectivity index (χ3n) is 4.68. The molecule has 168 valence electrons. The van der Waals surface area contributed by atoms with E-state index < -0.39 is 29.5 Å². The van der Waals surface area contributed by atoms with Gasteiger partial charge in [-0.3, -0.25) is 9.78 Å². The highest BCUT2D eigenvalue weighted by molar-refractivity contribution is 5.83. The van der Waals surface area contributed by atoms with E-state index >= 15 is 0 Å². The number of nitrogen functional groups attached to an aromatic ring is 1. The molecule has 0 fully saturated rings.